The minimum absolute atomic E-state index is 0.0829. The molecule has 6 rings (SSSR count). The van der Waals surface area contributed by atoms with Gasteiger partial charge in [0.1, 0.15) is 24.4 Å². The fourth-order valence-corrected chi connectivity index (χ4v) is 5.58. The number of rotatable bonds is 5. The first kappa shape index (κ1) is 23.9. The van der Waals surface area contributed by atoms with E-state index in [0.29, 0.717) is 40.5 Å². The molecule has 0 saturated carbocycles. The SMILES string of the molecule is CCOC(=O)CCn1c(=NC(=O)c2cc3c(ccc4ccccc43)oc2=O)sc2cc3c(cc21)OCCO3. The summed E-state index contributed by atoms with van der Waals surface area (Å²) >= 11 is 1.25. The molecule has 0 fully saturated rings. The molecule has 1 aliphatic rings. The van der Waals surface area contributed by atoms with Gasteiger partial charge in [0.25, 0.3) is 5.91 Å². The zero-order chi connectivity index (χ0) is 26.2. The largest absolute Gasteiger partial charge is 0.486 e. The van der Waals surface area contributed by atoms with Crippen LogP contribution in [-0.2, 0) is 16.1 Å². The average molecular weight is 531 g/mol. The zero-order valence-electron chi connectivity index (χ0n) is 20.4. The second kappa shape index (κ2) is 9.79. The molecule has 192 valence electrons. The number of thiazole rings is 1. The Balaban J connectivity index is 1.48. The molecule has 0 unspecified atom stereocenters. The summed E-state index contributed by atoms with van der Waals surface area (Å²) in [5.74, 6) is 0.0762. The molecule has 0 atom stereocenters. The van der Waals surface area contributed by atoms with Crippen LogP contribution in [0.1, 0.15) is 23.7 Å². The van der Waals surface area contributed by atoms with Crippen LogP contribution in [-0.4, -0.2) is 36.3 Å². The molecule has 2 aromatic heterocycles. The van der Waals surface area contributed by atoms with Crippen LogP contribution in [0, 0.1) is 0 Å². The number of nitrogens with zero attached hydrogens (tertiary/aromatic N) is 2. The van der Waals surface area contributed by atoms with Gasteiger partial charge in [0.05, 0.1) is 23.2 Å². The number of hydrogen-bond acceptors (Lipinski definition) is 8. The first-order valence-electron chi connectivity index (χ1n) is 12.1. The number of aryl methyl sites for hydroxylation is 1. The smallest absolute Gasteiger partial charge is 0.349 e. The lowest BCUT2D eigenvalue weighted by Crippen LogP contribution is -2.21. The molecule has 1 aliphatic heterocycles. The van der Waals surface area contributed by atoms with Crippen molar-refractivity contribution in [3.05, 3.63) is 75.4 Å². The third-order valence-corrected chi connectivity index (χ3v) is 7.30. The van der Waals surface area contributed by atoms with Gasteiger partial charge in [-0.25, -0.2) is 4.79 Å². The van der Waals surface area contributed by atoms with Gasteiger partial charge in [-0.05, 0) is 29.8 Å². The quantitative estimate of drug-likeness (QED) is 0.188. The number of fused-ring (bicyclic) bond motifs is 5. The van der Waals surface area contributed by atoms with E-state index >= 15 is 0 Å². The minimum Gasteiger partial charge on any atom is -0.486 e. The van der Waals surface area contributed by atoms with Crippen molar-refractivity contribution in [1.29, 1.82) is 0 Å². The number of hydrogen-bond donors (Lipinski definition) is 0. The van der Waals surface area contributed by atoms with Crippen molar-refractivity contribution >= 4 is 55.2 Å². The molecule has 10 heteroatoms. The van der Waals surface area contributed by atoms with Crippen LogP contribution in [0.2, 0.25) is 0 Å². The van der Waals surface area contributed by atoms with Gasteiger partial charge < -0.3 is 23.2 Å². The van der Waals surface area contributed by atoms with Crippen LogP contribution in [0.25, 0.3) is 32.0 Å². The summed E-state index contributed by atoms with van der Waals surface area (Å²) in [7, 11) is 0. The monoisotopic (exact) mass is 530 g/mol. The fourth-order valence-electron chi connectivity index (χ4n) is 4.51. The summed E-state index contributed by atoms with van der Waals surface area (Å²) in [6, 6.07) is 16.4. The highest BCUT2D eigenvalue weighted by atomic mass is 32.1. The summed E-state index contributed by atoms with van der Waals surface area (Å²) in [5.41, 5.74) is 0.182. The lowest BCUT2D eigenvalue weighted by atomic mass is 10.0. The summed E-state index contributed by atoms with van der Waals surface area (Å²) in [4.78, 5) is 42.9. The predicted molar refractivity (Wildman–Crippen MR) is 142 cm³/mol. The average Bonchev–Trinajstić information content (AvgIpc) is 3.25. The van der Waals surface area contributed by atoms with E-state index in [2.05, 4.69) is 4.99 Å². The fraction of sp³-hybridized carbons (Fsp3) is 0.214. The van der Waals surface area contributed by atoms with Crippen molar-refractivity contribution in [2.75, 3.05) is 19.8 Å². The van der Waals surface area contributed by atoms with E-state index < -0.39 is 11.5 Å². The highest BCUT2D eigenvalue weighted by molar-refractivity contribution is 7.16. The number of benzene rings is 3. The molecule has 1 amide bonds. The topological polar surface area (TPSA) is 109 Å². The van der Waals surface area contributed by atoms with Crippen molar-refractivity contribution in [2.45, 2.75) is 19.9 Å². The zero-order valence-corrected chi connectivity index (χ0v) is 21.2. The number of carbonyl (C=O) groups excluding carboxylic acids is 2. The van der Waals surface area contributed by atoms with E-state index in [1.54, 1.807) is 17.6 Å². The molecular weight excluding hydrogens is 508 g/mol. The molecule has 0 spiro atoms. The maximum atomic E-state index is 13.4. The van der Waals surface area contributed by atoms with Crippen molar-refractivity contribution < 1.29 is 28.2 Å². The number of aromatic nitrogens is 1. The number of ether oxygens (including phenoxy) is 3. The normalized spacial score (nSPS) is 13.3. The molecule has 9 nitrogen and oxygen atoms in total. The summed E-state index contributed by atoms with van der Waals surface area (Å²) in [6.07, 6.45) is 0.0829. The van der Waals surface area contributed by atoms with Gasteiger partial charge in [-0.1, -0.05) is 41.7 Å². The third kappa shape index (κ3) is 4.32. The van der Waals surface area contributed by atoms with E-state index in [4.69, 9.17) is 18.6 Å². The molecular formula is C28H22N2O7S. The Kier molecular flexibility index (Phi) is 6.16. The van der Waals surface area contributed by atoms with Crippen molar-refractivity contribution in [2.24, 2.45) is 4.99 Å². The van der Waals surface area contributed by atoms with E-state index in [9.17, 15) is 14.4 Å². The number of amides is 1. The summed E-state index contributed by atoms with van der Waals surface area (Å²) in [5, 5.41) is 2.47. The molecule has 0 N–H and O–H groups in total. The van der Waals surface area contributed by atoms with Crippen LogP contribution >= 0.6 is 11.3 Å². The van der Waals surface area contributed by atoms with Gasteiger partial charge >= 0.3 is 11.6 Å². The second-order valence-corrected chi connectivity index (χ2v) is 9.63. The van der Waals surface area contributed by atoms with Gasteiger partial charge in [0, 0.05) is 24.1 Å². The van der Waals surface area contributed by atoms with Crippen LogP contribution in [0.4, 0.5) is 0 Å². The first-order chi connectivity index (χ1) is 18.5. The van der Waals surface area contributed by atoms with Crippen LogP contribution in [0.5, 0.6) is 11.5 Å². The van der Waals surface area contributed by atoms with Crippen molar-refractivity contribution in [3.63, 3.8) is 0 Å². The molecule has 38 heavy (non-hydrogen) atoms. The number of carbonyl (C=O) groups is 2. The van der Waals surface area contributed by atoms with E-state index in [1.807, 2.05) is 42.5 Å². The Morgan fingerprint density at radius 2 is 1.82 bits per heavy atom. The van der Waals surface area contributed by atoms with Gasteiger partial charge in [-0.2, -0.15) is 4.99 Å². The third-order valence-electron chi connectivity index (χ3n) is 6.26. The molecule has 0 aliphatic carbocycles. The molecule has 3 aromatic carbocycles. The van der Waals surface area contributed by atoms with Crippen LogP contribution in [0.15, 0.2) is 68.8 Å². The summed E-state index contributed by atoms with van der Waals surface area (Å²) in [6.45, 7) is 3.10. The Morgan fingerprint density at radius 1 is 1.03 bits per heavy atom. The molecule has 5 aromatic rings. The van der Waals surface area contributed by atoms with Gasteiger partial charge in [-0.3, -0.25) is 9.59 Å². The van der Waals surface area contributed by atoms with E-state index in [0.717, 1.165) is 21.0 Å². The van der Waals surface area contributed by atoms with Crippen molar-refractivity contribution in [1.82, 2.24) is 4.57 Å². The minimum atomic E-state index is -0.766. The molecule has 3 heterocycles. The Bertz CT molecular complexity index is 1870. The Labute approximate surface area is 219 Å². The first-order valence-corrected chi connectivity index (χ1v) is 13.0. The highest BCUT2D eigenvalue weighted by Crippen LogP contribution is 2.35. The lowest BCUT2D eigenvalue weighted by Gasteiger charge is -2.18. The Hall–Kier alpha value is -4.44. The Morgan fingerprint density at radius 3 is 2.63 bits per heavy atom. The van der Waals surface area contributed by atoms with Crippen LogP contribution < -0.4 is 19.9 Å². The molecule has 0 saturated heterocycles. The molecule has 0 bridgehead atoms. The van der Waals surface area contributed by atoms with Crippen molar-refractivity contribution in [3.8, 4) is 11.5 Å². The van der Waals surface area contributed by atoms with E-state index in [-0.39, 0.29) is 31.1 Å². The van der Waals surface area contributed by atoms with Crippen LogP contribution in [0.3, 0.4) is 0 Å². The van der Waals surface area contributed by atoms with Gasteiger partial charge in [-0.15, -0.1) is 0 Å². The second-order valence-electron chi connectivity index (χ2n) is 8.62. The lowest BCUT2D eigenvalue weighted by molar-refractivity contribution is -0.143. The van der Waals surface area contributed by atoms with Gasteiger partial charge in [0.15, 0.2) is 16.3 Å². The van der Waals surface area contributed by atoms with Gasteiger partial charge in [0.2, 0.25) is 0 Å². The molecule has 0 radical (unpaired) electrons. The maximum absolute atomic E-state index is 13.4. The predicted octanol–water partition coefficient (Wildman–Crippen LogP) is 4.43. The van der Waals surface area contributed by atoms with E-state index in [1.165, 1.54) is 17.4 Å². The highest BCUT2D eigenvalue weighted by Gasteiger charge is 2.19. The summed E-state index contributed by atoms with van der Waals surface area (Å²) < 4.78 is 24.5. The standard InChI is InChI=1S/C28H22N2O7S/c1-2-34-25(31)9-10-30-20-14-22-23(36-12-11-35-22)15-24(20)38-28(30)29-26(32)19-13-18-17-6-4-3-5-16(17)7-8-21(18)37-27(19)33/h3-8,13-15H,2,9-12H2,1H3. The number of esters is 1. The maximum Gasteiger partial charge on any atom is 0.349 e.